The zero-order valence-electron chi connectivity index (χ0n) is 10.5. The molecule has 0 spiro atoms. The van der Waals surface area contributed by atoms with E-state index in [0.717, 1.165) is 12.0 Å². The van der Waals surface area contributed by atoms with Crippen molar-refractivity contribution in [2.45, 2.75) is 32.4 Å². The van der Waals surface area contributed by atoms with Crippen molar-refractivity contribution in [3.05, 3.63) is 29.8 Å². The number of hydrogen-bond acceptors (Lipinski definition) is 3. The van der Waals surface area contributed by atoms with Crippen molar-refractivity contribution in [1.82, 2.24) is 10.6 Å². The largest absolute Gasteiger partial charge is 0.508 e. The highest BCUT2D eigenvalue weighted by atomic mass is 16.3. The van der Waals surface area contributed by atoms with Crippen LogP contribution in [0.25, 0.3) is 0 Å². The number of benzene rings is 1. The molecule has 0 saturated heterocycles. The van der Waals surface area contributed by atoms with Crippen molar-refractivity contribution in [1.29, 1.82) is 0 Å². The van der Waals surface area contributed by atoms with Gasteiger partial charge in [-0.3, -0.25) is 10.1 Å². The summed E-state index contributed by atoms with van der Waals surface area (Å²) < 4.78 is 0. The minimum Gasteiger partial charge on any atom is -0.508 e. The molecule has 94 valence electrons. The molecular formula is C13H20N2O2. The molecule has 0 aliphatic carbocycles. The number of hydrogen-bond donors (Lipinski definition) is 3. The van der Waals surface area contributed by atoms with Crippen LogP contribution in [-0.4, -0.2) is 24.1 Å². The quantitative estimate of drug-likeness (QED) is 0.727. The van der Waals surface area contributed by atoms with E-state index in [1.54, 1.807) is 19.2 Å². The monoisotopic (exact) mass is 236 g/mol. The van der Waals surface area contributed by atoms with Crippen LogP contribution in [-0.2, 0) is 4.79 Å². The van der Waals surface area contributed by atoms with E-state index in [9.17, 15) is 9.90 Å². The number of phenols is 1. The summed E-state index contributed by atoms with van der Waals surface area (Å²) in [5, 5.41) is 15.1. The van der Waals surface area contributed by atoms with Crippen LogP contribution in [0.15, 0.2) is 24.3 Å². The molecule has 1 aromatic carbocycles. The lowest BCUT2D eigenvalue weighted by Gasteiger charge is -2.21. The predicted molar refractivity (Wildman–Crippen MR) is 67.8 cm³/mol. The maximum atomic E-state index is 11.4. The molecule has 2 unspecified atom stereocenters. The number of nitrogens with one attached hydrogen (secondary N) is 2. The molecule has 0 bridgehead atoms. The SMILES string of the molecule is CCC(NC(C)C(=O)NC)c1ccc(O)cc1. The first-order valence-corrected chi connectivity index (χ1v) is 5.85. The second-order valence-corrected chi connectivity index (χ2v) is 4.05. The normalized spacial score (nSPS) is 14.1. The number of phenolic OH excluding ortho intramolecular Hbond substituents is 1. The summed E-state index contributed by atoms with van der Waals surface area (Å²) in [6.45, 7) is 3.89. The van der Waals surface area contributed by atoms with Crippen LogP contribution < -0.4 is 10.6 Å². The first kappa shape index (κ1) is 13.5. The van der Waals surface area contributed by atoms with Crippen LogP contribution in [0.1, 0.15) is 31.9 Å². The van der Waals surface area contributed by atoms with Gasteiger partial charge in [-0.25, -0.2) is 0 Å². The molecule has 0 radical (unpaired) electrons. The Morgan fingerprint density at radius 1 is 1.35 bits per heavy atom. The molecule has 0 aliphatic rings. The highest BCUT2D eigenvalue weighted by Crippen LogP contribution is 2.19. The van der Waals surface area contributed by atoms with Gasteiger partial charge in [0.1, 0.15) is 5.75 Å². The maximum absolute atomic E-state index is 11.4. The molecule has 3 N–H and O–H groups in total. The van der Waals surface area contributed by atoms with E-state index in [1.165, 1.54) is 0 Å². The Hall–Kier alpha value is -1.55. The van der Waals surface area contributed by atoms with Crippen LogP contribution in [0.5, 0.6) is 5.75 Å². The lowest BCUT2D eigenvalue weighted by Crippen LogP contribution is -2.42. The molecule has 0 aliphatic heterocycles. The molecule has 2 atom stereocenters. The van der Waals surface area contributed by atoms with Crippen LogP contribution in [0.3, 0.4) is 0 Å². The lowest BCUT2D eigenvalue weighted by atomic mass is 10.0. The van der Waals surface area contributed by atoms with E-state index in [0.29, 0.717) is 0 Å². The van der Waals surface area contributed by atoms with E-state index in [1.807, 2.05) is 19.1 Å². The molecule has 0 saturated carbocycles. The minimum atomic E-state index is -0.237. The maximum Gasteiger partial charge on any atom is 0.236 e. The molecule has 0 fully saturated rings. The first-order valence-electron chi connectivity index (χ1n) is 5.85. The second kappa shape index (κ2) is 6.25. The Kier molecular flexibility index (Phi) is 4.97. The zero-order valence-corrected chi connectivity index (χ0v) is 10.5. The molecule has 1 rings (SSSR count). The summed E-state index contributed by atoms with van der Waals surface area (Å²) in [7, 11) is 1.63. The summed E-state index contributed by atoms with van der Waals surface area (Å²) in [5.41, 5.74) is 1.07. The second-order valence-electron chi connectivity index (χ2n) is 4.05. The molecule has 17 heavy (non-hydrogen) atoms. The van der Waals surface area contributed by atoms with Gasteiger partial charge in [0.05, 0.1) is 6.04 Å². The number of likely N-dealkylation sites (N-methyl/N-ethyl adjacent to an activating group) is 1. The van der Waals surface area contributed by atoms with Gasteiger partial charge < -0.3 is 10.4 Å². The number of carbonyl (C=O) groups excluding carboxylic acids is 1. The van der Waals surface area contributed by atoms with E-state index in [2.05, 4.69) is 17.6 Å². The van der Waals surface area contributed by atoms with Crippen molar-refractivity contribution < 1.29 is 9.90 Å². The van der Waals surface area contributed by atoms with Crippen molar-refractivity contribution in [2.24, 2.45) is 0 Å². The Balaban J connectivity index is 2.71. The van der Waals surface area contributed by atoms with Gasteiger partial charge in [0.25, 0.3) is 0 Å². The van der Waals surface area contributed by atoms with Gasteiger partial charge in [-0.15, -0.1) is 0 Å². The van der Waals surface area contributed by atoms with E-state index >= 15 is 0 Å². The van der Waals surface area contributed by atoms with Gasteiger partial charge in [-0.1, -0.05) is 19.1 Å². The molecule has 4 nitrogen and oxygen atoms in total. The van der Waals surface area contributed by atoms with E-state index in [4.69, 9.17) is 0 Å². The fourth-order valence-corrected chi connectivity index (χ4v) is 1.75. The van der Waals surface area contributed by atoms with Crippen LogP contribution in [0, 0.1) is 0 Å². The number of amides is 1. The standard InChI is InChI=1S/C13H20N2O2/c1-4-12(15-9(2)13(17)14-3)10-5-7-11(16)8-6-10/h5-9,12,15-16H,4H2,1-3H3,(H,14,17). The van der Waals surface area contributed by atoms with Gasteiger partial charge >= 0.3 is 0 Å². The third-order valence-corrected chi connectivity index (χ3v) is 2.79. The third kappa shape index (κ3) is 3.75. The van der Waals surface area contributed by atoms with Gasteiger partial charge in [-0.05, 0) is 31.0 Å². The number of rotatable bonds is 5. The van der Waals surface area contributed by atoms with Gasteiger partial charge in [0.15, 0.2) is 0 Å². The van der Waals surface area contributed by atoms with Gasteiger partial charge in [0, 0.05) is 13.1 Å². The van der Waals surface area contributed by atoms with E-state index in [-0.39, 0.29) is 23.7 Å². The topological polar surface area (TPSA) is 61.4 Å². The molecule has 0 heterocycles. The van der Waals surface area contributed by atoms with Crippen molar-refractivity contribution in [3.63, 3.8) is 0 Å². The summed E-state index contributed by atoms with van der Waals surface area (Å²) in [4.78, 5) is 11.4. The molecule has 1 amide bonds. The van der Waals surface area contributed by atoms with Crippen LogP contribution in [0.4, 0.5) is 0 Å². The fraction of sp³-hybridized carbons (Fsp3) is 0.462. The highest BCUT2D eigenvalue weighted by Gasteiger charge is 2.16. The number of carbonyl (C=O) groups is 1. The van der Waals surface area contributed by atoms with Crippen LogP contribution in [0.2, 0.25) is 0 Å². The van der Waals surface area contributed by atoms with Gasteiger partial charge in [0.2, 0.25) is 5.91 Å². The third-order valence-electron chi connectivity index (χ3n) is 2.79. The summed E-state index contributed by atoms with van der Waals surface area (Å²) in [5.74, 6) is 0.227. The smallest absolute Gasteiger partial charge is 0.236 e. The predicted octanol–water partition coefficient (Wildman–Crippen LogP) is 1.57. The molecule has 4 heteroatoms. The molecule has 0 aromatic heterocycles. The average molecular weight is 236 g/mol. The number of aromatic hydroxyl groups is 1. The zero-order chi connectivity index (χ0) is 12.8. The summed E-state index contributed by atoms with van der Waals surface area (Å²) in [6.07, 6.45) is 0.881. The minimum absolute atomic E-state index is 0.0257. The van der Waals surface area contributed by atoms with Gasteiger partial charge in [-0.2, -0.15) is 0 Å². The Labute approximate surface area is 102 Å². The Morgan fingerprint density at radius 3 is 2.41 bits per heavy atom. The fourth-order valence-electron chi connectivity index (χ4n) is 1.75. The van der Waals surface area contributed by atoms with Crippen molar-refractivity contribution in [2.75, 3.05) is 7.05 Å². The first-order chi connectivity index (χ1) is 8.08. The van der Waals surface area contributed by atoms with Crippen molar-refractivity contribution in [3.8, 4) is 5.75 Å². The highest BCUT2D eigenvalue weighted by molar-refractivity contribution is 5.80. The lowest BCUT2D eigenvalue weighted by molar-refractivity contribution is -0.122. The summed E-state index contributed by atoms with van der Waals surface area (Å²) in [6, 6.07) is 6.93. The Morgan fingerprint density at radius 2 is 1.94 bits per heavy atom. The van der Waals surface area contributed by atoms with Crippen molar-refractivity contribution >= 4 is 5.91 Å². The average Bonchev–Trinajstić information content (AvgIpc) is 2.35. The molecule has 1 aromatic rings. The van der Waals surface area contributed by atoms with Crippen LogP contribution >= 0.6 is 0 Å². The Bertz CT molecular complexity index is 362. The summed E-state index contributed by atoms with van der Waals surface area (Å²) >= 11 is 0. The van der Waals surface area contributed by atoms with E-state index < -0.39 is 0 Å². The molecular weight excluding hydrogens is 216 g/mol.